The number of unbranched alkanes of at least 4 members (excludes halogenated alkanes) is 2. The average Bonchev–Trinajstić information content (AvgIpc) is 2.81. The monoisotopic (exact) mass is 477 g/mol. The standard InChI is InChI=1S/C27H35N5OS/c1-18-8-6-9-19(2)31(18)14-4-3-5-15-32-24-17-22(34)12-13-23(24)30-25(27(32)33)20-10-7-11-21(16-20)26(28)29/h7,10-13,16-19,34H,3-6,8-9,14-15H2,1-2H3,(H3,28,29)/t18-,19+. The molecule has 180 valence electrons. The number of thiol groups is 1. The van der Waals surface area contributed by atoms with Gasteiger partial charge in [-0.15, -0.1) is 12.6 Å². The first kappa shape index (κ1) is 24.5. The summed E-state index contributed by atoms with van der Waals surface area (Å²) in [6.07, 6.45) is 7.06. The van der Waals surface area contributed by atoms with Crippen LogP contribution in [0.5, 0.6) is 0 Å². The Labute approximate surface area is 207 Å². The third kappa shape index (κ3) is 5.36. The zero-order chi connectivity index (χ0) is 24.2. The number of fused-ring (bicyclic) bond motifs is 1. The Morgan fingerprint density at radius 3 is 2.56 bits per heavy atom. The lowest BCUT2D eigenvalue weighted by atomic mass is 9.97. The predicted octanol–water partition coefficient (Wildman–Crippen LogP) is 5.07. The number of likely N-dealkylation sites (tertiary alicyclic amines) is 1. The zero-order valence-electron chi connectivity index (χ0n) is 20.1. The first-order chi connectivity index (χ1) is 16.3. The van der Waals surface area contributed by atoms with E-state index in [-0.39, 0.29) is 11.4 Å². The molecule has 1 fully saturated rings. The van der Waals surface area contributed by atoms with E-state index in [0.29, 0.717) is 35.4 Å². The second-order valence-corrected chi connectivity index (χ2v) is 10.0. The lowest BCUT2D eigenvalue weighted by molar-refractivity contribution is 0.101. The summed E-state index contributed by atoms with van der Waals surface area (Å²) in [5.74, 6) is -0.0278. The molecule has 0 amide bonds. The molecule has 0 radical (unpaired) electrons. The molecule has 3 aromatic rings. The fourth-order valence-corrected chi connectivity index (χ4v) is 5.33. The zero-order valence-corrected chi connectivity index (χ0v) is 21.0. The number of aryl methyl sites for hydroxylation is 1. The number of nitrogens with zero attached hydrogens (tertiary/aromatic N) is 3. The number of benzene rings is 2. The maximum absolute atomic E-state index is 13.6. The summed E-state index contributed by atoms with van der Waals surface area (Å²) in [6.45, 7) is 6.45. The SMILES string of the molecule is C[C@@H]1CCC[C@H](C)N1CCCCCn1c(=O)c(-c2cccc(C(=N)N)c2)nc2ccc(S)cc21. The van der Waals surface area contributed by atoms with E-state index in [4.69, 9.17) is 11.1 Å². The summed E-state index contributed by atoms with van der Waals surface area (Å²) in [5.41, 5.74) is 8.76. The normalized spacial score (nSPS) is 18.9. The molecule has 6 nitrogen and oxygen atoms in total. The van der Waals surface area contributed by atoms with Gasteiger partial charge < -0.3 is 10.3 Å². The minimum absolute atomic E-state index is 0.0278. The fourth-order valence-electron chi connectivity index (χ4n) is 5.13. The third-order valence-electron chi connectivity index (χ3n) is 7.05. The summed E-state index contributed by atoms with van der Waals surface area (Å²) >= 11 is 4.49. The number of nitrogens with two attached hydrogens (primary N) is 1. The van der Waals surface area contributed by atoms with E-state index in [9.17, 15) is 4.79 Å². The Hall–Kier alpha value is -2.64. The number of nitrogens with one attached hydrogen (secondary N) is 1. The summed E-state index contributed by atoms with van der Waals surface area (Å²) < 4.78 is 1.84. The van der Waals surface area contributed by atoms with Crippen molar-refractivity contribution < 1.29 is 0 Å². The Morgan fingerprint density at radius 2 is 1.82 bits per heavy atom. The molecule has 0 bridgehead atoms. The number of aromatic nitrogens is 2. The number of nitrogen functional groups attached to an aromatic ring is 1. The van der Waals surface area contributed by atoms with Gasteiger partial charge in [-0.25, -0.2) is 4.98 Å². The van der Waals surface area contributed by atoms with Gasteiger partial charge in [0.05, 0.1) is 11.0 Å². The highest BCUT2D eigenvalue weighted by molar-refractivity contribution is 7.80. The molecule has 0 saturated carbocycles. The number of amidine groups is 1. The minimum atomic E-state index is -0.120. The fraction of sp³-hybridized carbons (Fsp3) is 0.444. The molecule has 1 aliphatic heterocycles. The molecule has 2 atom stereocenters. The summed E-state index contributed by atoms with van der Waals surface area (Å²) in [7, 11) is 0. The van der Waals surface area contributed by atoms with E-state index in [0.717, 1.165) is 41.7 Å². The maximum atomic E-state index is 13.6. The van der Waals surface area contributed by atoms with Crippen molar-refractivity contribution in [3.05, 3.63) is 58.4 Å². The second kappa shape index (κ2) is 10.7. The second-order valence-electron chi connectivity index (χ2n) is 9.51. The smallest absolute Gasteiger partial charge is 0.277 e. The van der Waals surface area contributed by atoms with Gasteiger partial charge in [0.1, 0.15) is 11.5 Å². The van der Waals surface area contributed by atoms with Crippen LogP contribution in [0.3, 0.4) is 0 Å². The average molecular weight is 478 g/mol. The molecule has 0 spiro atoms. The molecule has 4 rings (SSSR count). The van der Waals surface area contributed by atoms with Crippen molar-refractivity contribution in [1.82, 2.24) is 14.5 Å². The Bertz CT molecular complexity index is 1230. The van der Waals surface area contributed by atoms with Crippen molar-refractivity contribution in [2.45, 2.75) is 75.9 Å². The molecule has 1 saturated heterocycles. The van der Waals surface area contributed by atoms with Gasteiger partial charge in [0.2, 0.25) is 0 Å². The van der Waals surface area contributed by atoms with E-state index in [1.807, 2.05) is 28.8 Å². The van der Waals surface area contributed by atoms with Crippen molar-refractivity contribution in [2.75, 3.05) is 6.54 Å². The first-order valence-corrected chi connectivity index (χ1v) is 12.7. The van der Waals surface area contributed by atoms with Crippen molar-refractivity contribution in [3.8, 4) is 11.3 Å². The van der Waals surface area contributed by atoms with Crippen LogP contribution in [0.25, 0.3) is 22.3 Å². The number of rotatable bonds is 8. The van der Waals surface area contributed by atoms with Crippen molar-refractivity contribution in [2.24, 2.45) is 5.73 Å². The van der Waals surface area contributed by atoms with E-state index < -0.39 is 0 Å². The molecule has 1 aliphatic rings. The van der Waals surface area contributed by atoms with Crippen LogP contribution in [-0.4, -0.2) is 38.9 Å². The first-order valence-electron chi connectivity index (χ1n) is 12.3. The highest BCUT2D eigenvalue weighted by Crippen LogP contribution is 2.24. The molecular formula is C27H35N5OS. The molecule has 2 aromatic carbocycles. The summed E-state index contributed by atoms with van der Waals surface area (Å²) in [6, 6.07) is 14.2. The Kier molecular flexibility index (Phi) is 7.73. The molecule has 34 heavy (non-hydrogen) atoms. The van der Waals surface area contributed by atoms with Crippen molar-refractivity contribution >= 4 is 29.5 Å². The lowest BCUT2D eigenvalue weighted by Gasteiger charge is -2.39. The van der Waals surface area contributed by atoms with Crippen LogP contribution in [0.4, 0.5) is 0 Å². The van der Waals surface area contributed by atoms with Gasteiger partial charge in [0.15, 0.2) is 0 Å². The predicted molar refractivity (Wildman–Crippen MR) is 143 cm³/mol. The molecular weight excluding hydrogens is 442 g/mol. The van der Waals surface area contributed by atoms with Crippen LogP contribution in [0, 0.1) is 5.41 Å². The van der Waals surface area contributed by atoms with Gasteiger partial charge in [0, 0.05) is 34.7 Å². The topological polar surface area (TPSA) is 88.0 Å². The van der Waals surface area contributed by atoms with E-state index >= 15 is 0 Å². The van der Waals surface area contributed by atoms with Crippen LogP contribution >= 0.6 is 12.6 Å². The van der Waals surface area contributed by atoms with Crippen LogP contribution in [-0.2, 0) is 6.54 Å². The molecule has 2 heterocycles. The molecule has 7 heteroatoms. The highest BCUT2D eigenvalue weighted by Gasteiger charge is 2.23. The van der Waals surface area contributed by atoms with Gasteiger partial charge in [-0.3, -0.25) is 15.1 Å². The van der Waals surface area contributed by atoms with E-state index in [1.54, 1.807) is 18.2 Å². The van der Waals surface area contributed by atoms with Gasteiger partial charge >= 0.3 is 0 Å². The van der Waals surface area contributed by atoms with Crippen LogP contribution in [0.15, 0.2) is 52.2 Å². The number of piperidine rings is 1. The molecule has 1 aromatic heterocycles. The van der Waals surface area contributed by atoms with Crippen molar-refractivity contribution in [3.63, 3.8) is 0 Å². The number of hydrogen-bond donors (Lipinski definition) is 3. The Morgan fingerprint density at radius 1 is 1.09 bits per heavy atom. The molecule has 0 unspecified atom stereocenters. The molecule has 3 N–H and O–H groups in total. The number of hydrogen-bond acceptors (Lipinski definition) is 5. The quantitative estimate of drug-likeness (QED) is 0.183. The maximum Gasteiger partial charge on any atom is 0.277 e. The van der Waals surface area contributed by atoms with Gasteiger partial charge in [-0.1, -0.05) is 31.0 Å². The van der Waals surface area contributed by atoms with Gasteiger partial charge in [0.25, 0.3) is 5.56 Å². The van der Waals surface area contributed by atoms with Crippen molar-refractivity contribution in [1.29, 1.82) is 5.41 Å². The highest BCUT2D eigenvalue weighted by atomic mass is 32.1. The van der Waals surface area contributed by atoms with Crippen LogP contribution in [0.1, 0.15) is 57.9 Å². The van der Waals surface area contributed by atoms with Crippen LogP contribution in [0.2, 0.25) is 0 Å². The van der Waals surface area contributed by atoms with E-state index in [1.165, 1.54) is 19.3 Å². The third-order valence-corrected chi connectivity index (χ3v) is 7.33. The van der Waals surface area contributed by atoms with Gasteiger partial charge in [-0.2, -0.15) is 0 Å². The summed E-state index contributed by atoms with van der Waals surface area (Å²) in [4.78, 5) is 21.7. The summed E-state index contributed by atoms with van der Waals surface area (Å²) in [5, 5.41) is 7.74. The minimum Gasteiger partial charge on any atom is -0.384 e. The van der Waals surface area contributed by atoms with Crippen LogP contribution < -0.4 is 11.3 Å². The van der Waals surface area contributed by atoms with Gasteiger partial charge in [-0.05, 0) is 70.3 Å². The Balaban J connectivity index is 1.56. The lowest BCUT2D eigenvalue weighted by Crippen LogP contribution is -2.44. The molecule has 0 aliphatic carbocycles. The largest absolute Gasteiger partial charge is 0.384 e. The van der Waals surface area contributed by atoms with E-state index in [2.05, 4.69) is 36.4 Å².